The summed E-state index contributed by atoms with van der Waals surface area (Å²) >= 11 is 0. The summed E-state index contributed by atoms with van der Waals surface area (Å²) in [7, 11) is 0. The van der Waals surface area contributed by atoms with Gasteiger partial charge in [-0.05, 0) is 122 Å². The van der Waals surface area contributed by atoms with E-state index in [2.05, 4.69) is 118 Å². The maximum Gasteiger partial charge on any atom is 0.306 e. The molecule has 0 radical (unpaired) electrons. The highest BCUT2D eigenvalue weighted by Gasteiger charge is 2.19. The van der Waals surface area contributed by atoms with Crippen LogP contribution < -0.4 is 0 Å². The van der Waals surface area contributed by atoms with Crippen LogP contribution in [0.3, 0.4) is 0 Å². The molecule has 6 heteroatoms. The molecule has 0 fully saturated rings. The quantitative estimate of drug-likeness (QED) is 0.0262. The van der Waals surface area contributed by atoms with E-state index in [-0.39, 0.29) is 31.1 Å². The second kappa shape index (κ2) is 56.9. The molecule has 1 unspecified atom stereocenters. The molecular formula is C63H106O6. The van der Waals surface area contributed by atoms with Gasteiger partial charge in [0.2, 0.25) is 0 Å². The molecule has 0 bridgehead atoms. The second-order valence-electron chi connectivity index (χ2n) is 18.8. The van der Waals surface area contributed by atoms with Gasteiger partial charge in [0.25, 0.3) is 0 Å². The predicted octanol–water partition coefficient (Wildman–Crippen LogP) is 19.3. The summed E-state index contributed by atoms with van der Waals surface area (Å²) in [6.45, 7) is 6.45. The molecule has 6 nitrogen and oxygen atoms in total. The molecule has 1 atom stereocenters. The minimum atomic E-state index is -0.801. The van der Waals surface area contributed by atoms with E-state index in [1.54, 1.807) is 0 Å². The number of hydrogen-bond donors (Lipinski definition) is 0. The molecule has 0 rings (SSSR count). The lowest BCUT2D eigenvalue weighted by Crippen LogP contribution is -2.30. The Kier molecular flexibility index (Phi) is 53.9. The summed E-state index contributed by atoms with van der Waals surface area (Å²) in [5.41, 5.74) is 0. The molecule has 394 valence electrons. The molecule has 0 spiro atoms. The maximum absolute atomic E-state index is 12.9. The summed E-state index contributed by atoms with van der Waals surface area (Å²) in [6.07, 6.45) is 75.4. The van der Waals surface area contributed by atoms with E-state index in [0.29, 0.717) is 19.3 Å². The Morgan fingerprint density at radius 1 is 0.304 bits per heavy atom. The third-order valence-corrected chi connectivity index (χ3v) is 12.0. The first-order valence-electron chi connectivity index (χ1n) is 28.7. The van der Waals surface area contributed by atoms with E-state index < -0.39 is 6.10 Å². The smallest absolute Gasteiger partial charge is 0.306 e. The van der Waals surface area contributed by atoms with Crippen LogP contribution in [0.5, 0.6) is 0 Å². The molecule has 0 aliphatic heterocycles. The van der Waals surface area contributed by atoms with Gasteiger partial charge in [-0.2, -0.15) is 0 Å². The van der Waals surface area contributed by atoms with E-state index in [9.17, 15) is 14.4 Å². The Morgan fingerprint density at radius 2 is 0.565 bits per heavy atom. The van der Waals surface area contributed by atoms with Crippen molar-refractivity contribution in [2.75, 3.05) is 13.2 Å². The predicted molar refractivity (Wildman–Crippen MR) is 297 cm³/mol. The third-order valence-electron chi connectivity index (χ3n) is 12.0. The Labute approximate surface area is 426 Å². The van der Waals surface area contributed by atoms with E-state index in [4.69, 9.17) is 14.2 Å². The van der Waals surface area contributed by atoms with Gasteiger partial charge < -0.3 is 14.2 Å². The molecule has 0 aliphatic rings. The molecule has 0 saturated heterocycles. The van der Waals surface area contributed by atoms with Crippen LogP contribution in [0.1, 0.15) is 265 Å². The van der Waals surface area contributed by atoms with Crippen LogP contribution in [0, 0.1) is 0 Å². The van der Waals surface area contributed by atoms with Gasteiger partial charge in [-0.15, -0.1) is 0 Å². The van der Waals surface area contributed by atoms with Gasteiger partial charge in [0, 0.05) is 19.3 Å². The molecule has 0 aromatic rings. The topological polar surface area (TPSA) is 78.9 Å². The van der Waals surface area contributed by atoms with E-state index in [1.165, 1.54) is 109 Å². The van der Waals surface area contributed by atoms with E-state index in [1.807, 2.05) is 0 Å². The molecule has 0 saturated carbocycles. The zero-order chi connectivity index (χ0) is 50.0. The fraction of sp³-hybridized carbons (Fsp3) is 0.698. The number of esters is 3. The van der Waals surface area contributed by atoms with Crippen molar-refractivity contribution in [2.45, 2.75) is 271 Å². The molecule has 0 aliphatic carbocycles. The van der Waals surface area contributed by atoms with Gasteiger partial charge in [-0.3, -0.25) is 14.4 Å². The average Bonchev–Trinajstić information content (AvgIpc) is 3.35. The van der Waals surface area contributed by atoms with Gasteiger partial charge in [0.15, 0.2) is 6.10 Å². The van der Waals surface area contributed by atoms with Crippen molar-refractivity contribution < 1.29 is 28.6 Å². The number of rotatable bonds is 51. The molecule has 0 N–H and O–H groups in total. The summed E-state index contributed by atoms with van der Waals surface area (Å²) in [5.74, 6) is -0.945. The Morgan fingerprint density at radius 3 is 0.928 bits per heavy atom. The van der Waals surface area contributed by atoms with Crippen molar-refractivity contribution in [2.24, 2.45) is 0 Å². The largest absolute Gasteiger partial charge is 0.462 e. The van der Waals surface area contributed by atoms with Crippen LogP contribution in [-0.4, -0.2) is 37.2 Å². The summed E-state index contributed by atoms with van der Waals surface area (Å²) in [6, 6.07) is 0. The Bertz CT molecular complexity index is 1380. The third kappa shape index (κ3) is 55.1. The fourth-order valence-electron chi connectivity index (χ4n) is 7.73. The minimum Gasteiger partial charge on any atom is -0.462 e. The molecule has 0 heterocycles. The molecule has 69 heavy (non-hydrogen) atoms. The van der Waals surface area contributed by atoms with Gasteiger partial charge in [0.1, 0.15) is 13.2 Å². The number of carbonyl (C=O) groups is 3. The SMILES string of the molecule is CC/C=C\C/C=C\C/C=C\CCCCCC(=O)OCC(COC(=O)CCCCCCCC/C=C\C/C=C\C/C=C\CCCCCCC)OC(=O)CCCCCCCCC/C=C\C/C=C\CCCCC. The number of hydrogen-bond acceptors (Lipinski definition) is 6. The minimum absolute atomic E-state index is 0.0979. The van der Waals surface area contributed by atoms with Crippen LogP contribution in [0.4, 0.5) is 0 Å². The average molecular weight is 960 g/mol. The van der Waals surface area contributed by atoms with Crippen molar-refractivity contribution in [3.63, 3.8) is 0 Å². The summed E-state index contributed by atoms with van der Waals surface area (Å²) < 4.78 is 16.8. The zero-order valence-corrected chi connectivity index (χ0v) is 45.0. The van der Waals surface area contributed by atoms with Crippen LogP contribution in [0.15, 0.2) is 97.2 Å². The fourth-order valence-corrected chi connectivity index (χ4v) is 7.73. The lowest BCUT2D eigenvalue weighted by Gasteiger charge is -2.18. The number of allylic oxidation sites excluding steroid dienone is 16. The van der Waals surface area contributed by atoms with E-state index in [0.717, 1.165) is 116 Å². The van der Waals surface area contributed by atoms with Gasteiger partial charge in [-0.1, -0.05) is 221 Å². The molecular weight excluding hydrogens is 853 g/mol. The Hall–Kier alpha value is -3.67. The zero-order valence-electron chi connectivity index (χ0n) is 45.0. The first kappa shape index (κ1) is 65.3. The number of carbonyl (C=O) groups excluding carboxylic acids is 3. The normalized spacial score (nSPS) is 12.8. The Balaban J connectivity index is 4.43. The van der Waals surface area contributed by atoms with Gasteiger partial charge in [0.05, 0.1) is 0 Å². The lowest BCUT2D eigenvalue weighted by molar-refractivity contribution is -0.167. The number of ether oxygens (including phenoxy) is 3. The van der Waals surface area contributed by atoms with Crippen molar-refractivity contribution in [3.05, 3.63) is 97.2 Å². The van der Waals surface area contributed by atoms with Crippen molar-refractivity contribution in [1.29, 1.82) is 0 Å². The monoisotopic (exact) mass is 959 g/mol. The van der Waals surface area contributed by atoms with Gasteiger partial charge >= 0.3 is 17.9 Å². The molecule has 0 aromatic carbocycles. The number of unbranched alkanes of at least 4 members (excludes halogenated alkanes) is 24. The summed E-state index contributed by atoms with van der Waals surface area (Å²) in [5, 5.41) is 0. The van der Waals surface area contributed by atoms with Crippen molar-refractivity contribution in [1.82, 2.24) is 0 Å². The lowest BCUT2D eigenvalue weighted by atomic mass is 10.1. The maximum atomic E-state index is 12.9. The highest BCUT2D eigenvalue weighted by atomic mass is 16.6. The highest BCUT2D eigenvalue weighted by molar-refractivity contribution is 5.71. The van der Waals surface area contributed by atoms with Crippen LogP contribution in [0.2, 0.25) is 0 Å². The van der Waals surface area contributed by atoms with Crippen LogP contribution in [0.25, 0.3) is 0 Å². The summed E-state index contributed by atoms with van der Waals surface area (Å²) in [4.78, 5) is 38.1. The highest BCUT2D eigenvalue weighted by Crippen LogP contribution is 2.14. The standard InChI is InChI=1S/C63H106O6/c1-4-7-10-13-16-19-22-25-27-29-30-31-32-34-35-38-41-44-47-50-53-56-62(65)68-59-60(58-67-61(64)55-52-49-46-43-40-37-24-21-18-15-12-9-6-3)69-63(66)57-54-51-48-45-42-39-36-33-28-26-23-20-17-14-11-8-5-2/h9,12,17-18,20-22,25-26,28-30,32,34,37,40,60H,4-8,10-11,13-16,19,23-24,27,31,33,35-36,38-39,41-59H2,1-3H3/b12-9-,20-17-,21-18-,25-22-,28-26-,30-29-,34-32-,40-37-. The first-order chi connectivity index (χ1) is 34.0. The molecule has 0 aromatic heterocycles. The molecule has 0 amide bonds. The van der Waals surface area contributed by atoms with Crippen LogP contribution >= 0.6 is 0 Å². The van der Waals surface area contributed by atoms with Gasteiger partial charge in [-0.25, -0.2) is 0 Å². The first-order valence-corrected chi connectivity index (χ1v) is 28.7. The van der Waals surface area contributed by atoms with E-state index >= 15 is 0 Å². The van der Waals surface area contributed by atoms with Crippen molar-refractivity contribution in [3.8, 4) is 0 Å². The van der Waals surface area contributed by atoms with Crippen molar-refractivity contribution >= 4 is 17.9 Å². The second-order valence-corrected chi connectivity index (χ2v) is 18.8. The van der Waals surface area contributed by atoms with Crippen LogP contribution in [-0.2, 0) is 28.6 Å².